The van der Waals surface area contributed by atoms with Gasteiger partial charge in [-0.2, -0.15) is 0 Å². The fourth-order valence-corrected chi connectivity index (χ4v) is 2.53. The lowest BCUT2D eigenvalue weighted by Gasteiger charge is -2.07. The highest BCUT2D eigenvalue weighted by Gasteiger charge is 2.21. The first kappa shape index (κ1) is 14.2. The molecule has 3 rings (SSSR count). The van der Waals surface area contributed by atoms with Crippen LogP contribution in [0.15, 0.2) is 28.9 Å². The molecule has 0 spiro atoms. The number of carbonyl (C=O) groups is 2. The molecular formula is C16H15NO5. The fraction of sp³-hybridized carbons (Fsp3) is 0.250. The zero-order valence-electron chi connectivity index (χ0n) is 12.0. The first-order valence-corrected chi connectivity index (χ1v) is 6.90. The molecule has 0 unspecified atom stereocenters. The molecule has 0 saturated carbocycles. The summed E-state index contributed by atoms with van der Waals surface area (Å²) in [5, 5.41) is 11.7. The maximum atomic E-state index is 12.4. The third-order valence-corrected chi connectivity index (χ3v) is 3.54. The third kappa shape index (κ3) is 2.67. The van der Waals surface area contributed by atoms with Gasteiger partial charge in [0.05, 0.1) is 18.4 Å². The van der Waals surface area contributed by atoms with Crippen LogP contribution in [-0.2, 0) is 17.6 Å². The molecule has 0 saturated heterocycles. The lowest BCUT2D eigenvalue weighted by Crippen LogP contribution is -2.15. The van der Waals surface area contributed by atoms with Crippen molar-refractivity contribution in [1.29, 1.82) is 0 Å². The minimum absolute atomic E-state index is 0.159. The Labute approximate surface area is 126 Å². The van der Waals surface area contributed by atoms with Crippen LogP contribution in [0.1, 0.15) is 27.2 Å². The molecule has 2 heterocycles. The van der Waals surface area contributed by atoms with Crippen molar-refractivity contribution in [2.45, 2.75) is 19.8 Å². The lowest BCUT2D eigenvalue weighted by molar-refractivity contribution is -0.136. The predicted molar refractivity (Wildman–Crippen MR) is 78.4 cm³/mol. The number of aliphatic carboxylic acids is 1. The molecule has 0 radical (unpaired) electrons. The van der Waals surface area contributed by atoms with Gasteiger partial charge < -0.3 is 19.6 Å². The Kier molecular flexibility index (Phi) is 3.58. The summed E-state index contributed by atoms with van der Waals surface area (Å²) < 4.78 is 10.6. The van der Waals surface area contributed by atoms with Gasteiger partial charge >= 0.3 is 5.97 Å². The summed E-state index contributed by atoms with van der Waals surface area (Å²) in [6.45, 7) is 2.36. The van der Waals surface area contributed by atoms with E-state index >= 15 is 0 Å². The molecule has 0 atom stereocenters. The fourth-order valence-electron chi connectivity index (χ4n) is 2.53. The molecule has 0 fully saturated rings. The monoisotopic (exact) mass is 301 g/mol. The van der Waals surface area contributed by atoms with E-state index in [0.717, 1.165) is 17.7 Å². The molecule has 1 aliphatic heterocycles. The second-order valence-electron chi connectivity index (χ2n) is 5.16. The third-order valence-electron chi connectivity index (χ3n) is 3.54. The van der Waals surface area contributed by atoms with Crippen LogP contribution in [0.3, 0.4) is 0 Å². The van der Waals surface area contributed by atoms with Gasteiger partial charge in [-0.3, -0.25) is 9.59 Å². The van der Waals surface area contributed by atoms with Gasteiger partial charge in [-0.1, -0.05) is 0 Å². The number of benzene rings is 1. The van der Waals surface area contributed by atoms with Gasteiger partial charge in [0.25, 0.3) is 5.91 Å². The predicted octanol–water partition coefficient (Wildman–Crippen LogP) is 2.40. The smallest absolute Gasteiger partial charge is 0.311 e. The Morgan fingerprint density at radius 3 is 2.95 bits per heavy atom. The van der Waals surface area contributed by atoms with Gasteiger partial charge in [-0.15, -0.1) is 0 Å². The van der Waals surface area contributed by atoms with Crippen molar-refractivity contribution in [3.8, 4) is 5.75 Å². The van der Waals surface area contributed by atoms with E-state index < -0.39 is 5.97 Å². The van der Waals surface area contributed by atoms with E-state index in [-0.39, 0.29) is 23.7 Å². The number of carboxylic acids is 1. The van der Waals surface area contributed by atoms with Crippen LogP contribution in [0.4, 0.5) is 5.69 Å². The molecule has 1 amide bonds. The maximum Gasteiger partial charge on any atom is 0.311 e. The van der Waals surface area contributed by atoms with Gasteiger partial charge in [0.15, 0.2) is 0 Å². The topological polar surface area (TPSA) is 88.8 Å². The largest absolute Gasteiger partial charge is 0.493 e. The number of hydrogen-bond donors (Lipinski definition) is 2. The van der Waals surface area contributed by atoms with E-state index in [1.54, 1.807) is 13.0 Å². The van der Waals surface area contributed by atoms with Gasteiger partial charge in [-0.05, 0) is 30.7 Å². The van der Waals surface area contributed by atoms with E-state index in [1.165, 1.54) is 6.26 Å². The van der Waals surface area contributed by atoms with E-state index in [1.807, 2.05) is 12.1 Å². The Balaban J connectivity index is 1.83. The van der Waals surface area contributed by atoms with Crippen LogP contribution in [0, 0.1) is 6.92 Å². The van der Waals surface area contributed by atoms with Gasteiger partial charge in [0.1, 0.15) is 17.9 Å². The van der Waals surface area contributed by atoms with Crippen LogP contribution in [-0.4, -0.2) is 23.6 Å². The van der Waals surface area contributed by atoms with Crippen molar-refractivity contribution < 1.29 is 23.8 Å². The summed E-state index contributed by atoms with van der Waals surface area (Å²) in [4.78, 5) is 23.2. The molecule has 1 aromatic heterocycles. The standard InChI is InChI=1S/C16H15NO5/c1-9-8-22-13(7-14(18)19)15(9)16(20)17-11-2-3-12-10(6-11)4-5-21-12/h2-3,6,8H,4-5,7H2,1H3,(H,17,20)(H,18,19). The molecule has 6 nitrogen and oxygen atoms in total. The van der Waals surface area contributed by atoms with Crippen LogP contribution < -0.4 is 10.1 Å². The molecule has 6 heteroatoms. The lowest BCUT2D eigenvalue weighted by atomic mass is 10.1. The molecule has 1 aliphatic rings. The summed E-state index contributed by atoms with van der Waals surface area (Å²) in [6, 6.07) is 5.44. The number of furan rings is 1. The van der Waals surface area contributed by atoms with Crippen LogP contribution in [0.2, 0.25) is 0 Å². The highest BCUT2D eigenvalue weighted by Crippen LogP contribution is 2.28. The highest BCUT2D eigenvalue weighted by atomic mass is 16.5. The normalized spacial score (nSPS) is 12.6. The molecule has 2 aromatic rings. The Morgan fingerprint density at radius 2 is 2.18 bits per heavy atom. The number of rotatable bonds is 4. The second kappa shape index (κ2) is 5.55. The number of nitrogens with one attached hydrogen (secondary N) is 1. The van der Waals surface area contributed by atoms with Crippen molar-refractivity contribution in [3.05, 3.63) is 46.9 Å². The summed E-state index contributed by atoms with van der Waals surface area (Å²) in [6.07, 6.45) is 1.88. The van der Waals surface area contributed by atoms with E-state index in [4.69, 9.17) is 14.3 Å². The number of carboxylic acid groups (broad SMARTS) is 1. The average molecular weight is 301 g/mol. The van der Waals surface area contributed by atoms with Gasteiger partial charge in [0, 0.05) is 17.7 Å². The molecule has 1 aromatic carbocycles. The quantitative estimate of drug-likeness (QED) is 0.905. The van der Waals surface area contributed by atoms with Crippen LogP contribution in [0.5, 0.6) is 5.75 Å². The number of anilines is 1. The minimum atomic E-state index is -1.04. The molecule has 0 bridgehead atoms. The zero-order chi connectivity index (χ0) is 15.7. The van der Waals surface area contributed by atoms with Crippen molar-refractivity contribution in [2.24, 2.45) is 0 Å². The molecular weight excluding hydrogens is 286 g/mol. The van der Waals surface area contributed by atoms with Gasteiger partial charge in [0.2, 0.25) is 0 Å². The SMILES string of the molecule is Cc1coc(CC(=O)O)c1C(=O)Nc1ccc2c(c1)CCO2. The Bertz CT molecular complexity index is 747. The molecule has 0 aliphatic carbocycles. The van der Waals surface area contributed by atoms with E-state index in [0.29, 0.717) is 17.9 Å². The van der Waals surface area contributed by atoms with E-state index in [2.05, 4.69) is 5.32 Å². The average Bonchev–Trinajstić information content (AvgIpc) is 3.04. The first-order valence-electron chi connectivity index (χ1n) is 6.90. The number of carbonyl (C=O) groups excluding carboxylic acids is 1. The number of amides is 1. The van der Waals surface area contributed by atoms with Crippen LogP contribution in [0.25, 0.3) is 0 Å². The summed E-state index contributed by atoms with van der Waals surface area (Å²) in [7, 11) is 0. The second-order valence-corrected chi connectivity index (χ2v) is 5.16. The number of aryl methyl sites for hydroxylation is 1. The number of hydrogen-bond acceptors (Lipinski definition) is 4. The van der Waals surface area contributed by atoms with Crippen molar-refractivity contribution in [1.82, 2.24) is 0 Å². The molecule has 114 valence electrons. The van der Waals surface area contributed by atoms with E-state index in [9.17, 15) is 9.59 Å². The molecule has 22 heavy (non-hydrogen) atoms. The maximum absolute atomic E-state index is 12.4. The van der Waals surface area contributed by atoms with Crippen molar-refractivity contribution >= 4 is 17.6 Å². The van der Waals surface area contributed by atoms with Crippen molar-refractivity contribution in [3.63, 3.8) is 0 Å². The van der Waals surface area contributed by atoms with Gasteiger partial charge in [-0.25, -0.2) is 0 Å². The summed E-state index contributed by atoms with van der Waals surface area (Å²) in [5.41, 5.74) is 2.58. The zero-order valence-corrected chi connectivity index (χ0v) is 12.0. The number of fused-ring (bicyclic) bond motifs is 1. The Morgan fingerprint density at radius 1 is 1.36 bits per heavy atom. The van der Waals surface area contributed by atoms with Crippen LogP contribution >= 0.6 is 0 Å². The highest BCUT2D eigenvalue weighted by molar-refractivity contribution is 6.06. The molecule has 2 N–H and O–H groups in total. The first-order chi connectivity index (χ1) is 10.5. The summed E-state index contributed by atoms with van der Waals surface area (Å²) >= 11 is 0. The Hall–Kier alpha value is -2.76. The minimum Gasteiger partial charge on any atom is -0.493 e. The van der Waals surface area contributed by atoms with Crippen molar-refractivity contribution in [2.75, 3.05) is 11.9 Å². The summed E-state index contributed by atoms with van der Waals surface area (Å²) in [5.74, 6) is -0.421. The number of ether oxygens (including phenoxy) is 1.